The third-order valence-corrected chi connectivity index (χ3v) is 1.19. The Bertz CT molecular complexity index is 311. The molecule has 0 radical (unpaired) electrons. The van der Waals surface area contributed by atoms with Crippen LogP contribution in [-0.4, -0.2) is 22.2 Å². The van der Waals surface area contributed by atoms with Crippen LogP contribution < -0.4 is 4.74 Å². The quantitative estimate of drug-likeness (QED) is 0.474. The summed E-state index contributed by atoms with van der Waals surface area (Å²) in [5.74, 6) is -0.186. The zero-order chi connectivity index (χ0) is 8.97. The van der Waals surface area contributed by atoms with Gasteiger partial charge in [0.2, 0.25) is 0 Å². The number of ether oxygens (including phenoxy) is 1. The summed E-state index contributed by atoms with van der Waals surface area (Å²) in [6, 6.07) is 0. The van der Waals surface area contributed by atoms with Crippen LogP contribution in [0.15, 0.2) is 12.5 Å². The van der Waals surface area contributed by atoms with E-state index >= 15 is 0 Å². The molecule has 62 valence electrons. The van der Waals surface area contributed by atoms with Crippen molar-refractivity contribution in [3.63, 3.8) is 0 Å². The predicted molar refractivity (Wildman–Crippen MR) is 38.7 cm³/mol. The largest absolute Gasteiger partial charge is 0.425 e. The van der Waals surface area contributed by atoms with Crippen LogP contribution in [0.1, 0.15) is 17.4 Å². The average Bonchev–Trinajstić information content (AvgIpc) is 2.05. The van der Waals surface area contributed by atoms with Gasteiger partial charge in [-0.05, 0) is 0 Å². The van der Waals surface area contributed by atoms with Crippen LogP contribution in [0.3, 0.4) is 0 Å². The van der Waals surface area contributed by atoms with Gasteiger partial charge in [-0.2, -0.15) is 0 Å². The first kappa shape index (κ1) is 8.32. The molecule has 1 rings (SSSR count). The minimum Gasteiger partial charge on any atom is -0.425 e. The van der Waals surface area contributed by atoms with Gasteiger partial charge in [-0.15, -0.1) is 0 Å². The summed E-state index contributed by atoms with van der Waals surface area (Å²) in [4.78, 5) is 28.1. The van der Waals surface area contributed by atoms with Crippen molar-refractivity contribution in [2.75, 3.05) is 0 Å². The molecule has 0 amide bonds. The molecule has 0 bridgehead atoms. The van der Waals surface area contributed by atoms with E-state index in [1.807, 2.05) is 0 Å². The minimum absolute atomic E-state index is 0.0833. The van der Waals surface area contributed by atoms with Crippen molar-refractivity contribution in [1.29, 1.82) is 0 Å². The van der Waals surface area contributed by atoms with E-state index in [1.54, 1.807) is 0 Å². The Balaban J connectivity index is 3.07. The van der Waals surface area contributed by atoms with Crippen molar-refractivity contribution < 1.29 is 14.3 Å². The van der Waals surface area contributed by atoms with Crippen molar-refractivity contribution in [2.24, 2.45) is 0 Å². The number of aromatic nitrogens is 2. The standard InChI is InChI=1S/C7H6N2O3/c1-5(11)7-6(12-4-10)2-8-3-9-7/h2-4H,1H3. The molecule has 1 aromatic heterocycles. The van der Waals surface area contributed by atoms with E-state index in [0.717, 1.165) is 0 Å². The van der Waals surface area contributed by atoms with E-state index in [9.17, 15) is 9.59 Å². The van der Waals surface area contributed by atoms with Crippen LogP contribution in [-0.2, 0) is 4.79 Å². The molecule has 5 nitrogen and oxygen atoms in total. The fourth-order valence-corrected chi connectivity index (χ4v) is 0.719. The zero-order valence-electron chi connectivity index (χ0n) is 6.35. The summed E-state index contributed by atoms with van der Waals surface area (Å²) in [6.45, 7) is 1.56. The molecule has 1 aromatic rings. The molecule has 0 unspecified atom stereocenters. The fourth-order valence-electron chi connectivity index (χ4n) is 0.719. The molecule has 1 heterocycles. The summed E-state index contributed by atoms with van der Waals surface area (Å²) >= 11 is 0. The van der Waals surface area contributed by atoms with Gasteiger partial charge in [0.05, 0.1) is 6.20 Å². The Morgan fingerprint density at radius 2 is 2.42 bits per heavy atom. The second kappa shape index (κ2) is 3.56. The first-order valence-electron chi connectivity index (χ1n) is 3.17. The van der Waals surface area contributed by atoms with E-state index < -0.39 is 0 Å². The molecule has 12 heavy (non-hydrogen) atoms. The molecule has 0 aliphatic rings. The van der Waals surface area contributed by atoms with E-state index in [4.69, 9.17) is 0 Å². The topological polar surface area (TPSA) is 69.2 Å². The van der Waals surface area contributed by atoms with Crippen LogP contribution in [0.5, 0.6) is 5.75 Å². The van der Waals surface area contributed by atoms with Crippen molar-refractivity contribution in [1.82, 2.24) is 9.97 Å². The molecular formula is C7H6N2O3. The number of nitrogens with zero attached hydrogens (tertiary/aromatic N) is 2. The highest BCUT2D eigenvalue weighted by atomic mass is 16.5. The minimum atomic E-state index is -0.269. The third-order valence-electron chi connectivity index (χ3n) is 1.19. The van der Waals surface area contributed by atoms with Gasteiger partial charge in [0.25, 0.3) is 6.47 Å². The second-order valence-corrected chi connectivity index (χ2v) is 2.01. The van der Waals surface area contributed by atoms with Gasteiger partial charge >= 0.3 is 0 Å². The maximum atomic E-state index is 10.9. The Labute approximate surface area is 68.4 Å². The summed E-state index contributed by atoms with van der Waals surface area (Å²) in [7, 11) is 0. The normalized spacial score (nSPS) is 9.08. The molecule has 0 N–H and O–H groups in total. The van der Waals surface area contributed by atoms with Crippen LogP contribution in [0.25, 0.3) is 0 Å². The Hall–Kier alpha value is -1.78. The molecule has 0 aliphatic heterocycles. The summed E-state index contributed by atoms with van der Waals surface area (Å²) in [5.41, 5.74) is 0.108. The molecule has 0 aromatic carbocycles. The number of rotatable bonds is 3. The molecule has 0 atom stereocenters. The lowest BCUT2D eigenvalue weighted by molar-refractivity contribution is -0.120. The number of ketones is 1. The second-order valence-electron chi connectivity index (χ2n) is 2.01. The van der Waals surface area contributed by atoms with Crippen molar-refractivity contribution in [2.45, 2.75) is 6.92 Å². The summed E-state index contributed by atoms with van der Waals surface area (Å²) < 4.78 is 4.47. The van der Waals surface area contributed by atoms with Crippen LogP contribution in [0.4, 0.5) is 0 Å². The van der Waals surface area contributed by atoms with Crippen LogP contribution in [0, 0.1) is 0 Å². The molecule has 0 fully saturated rings. The van der Waals surface area contributed by atoms with Crippen molar-refractivity contribution in [3.8, 4) is 5.75 Å². The zero-order valence-corrected chi connectivity index (χ0v) is 6.35. The number of carbonyl (C=O) groups is 2. The maximum absolute atomic E-state index is 10.9. The highest BCUT2D eigenvalue weighted by Crippen LogP contribution is 2.12. The summed E-state index contributed by atoms with van der Waals surface area (Å²) in [5, 5.41) is 0. The molecular weight excluding hydrogens is 160 g/mol. The van der Waals surface area contributed by atoms with Crippen LogP contribution >= 0.6 is 0 Å². The molecule has 0 aliphatic carbocycles. The lowest BCUT2D eigenvalue weighted by Crippen LogP contribution is -2.02. The van der Waals surface area contributed by atoms with Crippen molar-refractivity contribution >= 4 is 12.3 Å². The smallest absolute Gasteiger partial charge is 0.298 e. The van der Waals surface area contributed by atoms with Gasteiger partial charge in [0.15, 0.2) is 17.2 Å². The Morgan fingerprint density at radius 1 is 1.67 bits per heavy atom. The lowest BCUT2D eigenvalue weighted by Gasteiger charge is -1.99. The van der Waals surface area contributed by atoms with Gasteiger partial charge in [-0.3, -0.25) is 9.59 Å². The highest BCUT2D eigenvalue weighted by Gasteiger charge is 2.08. The number of Topliss-reactive ketones (excluding diaryl/α,β-unsaturated/α-hetero) is 1. The SMILES string of the molecule is CC(=O)c1ncncc1OC=O. The Kier molecular flexibility index (Phi) is 2.47. The van der Waals surface area contributed by atoms with E-state index in [-0.39, 0.29) is 23.7 Å². The summed E-state index contributed by atoms with van der Waals surface area (Å²) in [6.07, 6.45) is 2.48. The van der Waals surface area contributed by atoms with E-state index in [1.165, 1.54) is 19.4 Å². The van der Waals surface area contributed by atoms with E-state index in [0.29, 0.717) is 0 Å². The van der Waals surface area contributed by atoms with Gasteiger partial charge in [-0.25, -0.2) is 9.97 Å². The highest BCUT2D eigenvalue weighted by molar-refractivity contribution is 5.94. The molecule has 0 saturated carbocycles. The number of hydrogen-bond donors (Lipinski definition) is 0. The van der Waals surface area contributed by atoms with Gasteiger partial charge in [0.1, 0.15) is 6.33 Å². The van der Waals surface area contributed by atoms with E-state index in [2.05, 4.69) is 14.7 Å². The number of carbonyl (C=O) groups excluding carboxylic acids is 2. The van der Waals surface area contributed by atoms with Gasteiger partial charge in [0, 0.05) is 6.92 Å². The van der Waals surface area contributed by atoms with Crippen LogP contribution in [0.2, 0.25) is 0 Å². The maximum Gasteiger partial charge on any atom is 0.298 e. The number of hydrogen-bond acceptors (Lipinski definition) is 5. The van der Waals surface area contributed by atoms with Crippen molar-refractivity contribution in [3.05, 3.63) is 18.2 Å². The van der Waals surface area contributed by atoms with Gasteiger partial charge < -0.3 is 4.74 Å². The lowest BCUT2D eigenvalue weighted by atomic mass is 10.3. The molecule has 0 spiro atoms. The fraction of sp³-hybridized carbons (Fsp3) is 0.143. The first-order valence-corrected chi connectivity index (χ1v) is 3.17. The first-order chi connectivity index (χ1) is 5.75. The molecule has 0 saturated heterocycles. The molecule has 5 heteroatoms. The average molecular weight is 166 g/mol. The Morgan fingerprint density at radius 3 is 3.00 bits per heavy atom. The van der Waals surface area contributed by atoms with Gasteiger partial charge in [-0.1, -0.05) is 0 Å². The monoisotopic (exact) mass is 166 g/mol. The predicted octanol–water partition coefficient (Wildman–Crippen LogP) is 0.214. The third kappa shape index (κ3) is 1.63.